The predicted octanol–water partition coefficient (Wildman–Crippen LogP) is -2.27. The maximum Gasteiger partial charge on any atom is 1.00 e. The van der Waals surface area contributed by atoms with Crippen molar-refractivity contribution in [2.45, 2.75) is 6.36 Å². The van der Waals surface area contributed by atoms with Crippen LogP contribution in [0.25, 0.3) is 0 Å². The Morgan fingerprint density at radius 1 is 1.40 bits per heavy atom. The molecule has 2 N–H and O–H groups in total. The van der Waals surface area contributed by atoms with Gasteiger partial charge < -0.3 is 11.2 Å². The molecule has 0 fully saturated rings. The largest absolute Gasteiger partial charge is 1.00 e. The van der Waals surface area contributed by atoms with E-state index >= 15 is 0 Å². The molecule has 0 radical (unpaired) electrons. The summed E-state index contributed by atoms with van der Waals surface area (Å²) in [5.41, 5.74) is 0. The molecule has 0 aromatic carbocycles. The van der Waals surface area contributed by atoms with Gasteiger partial charge in [-0.25, -0.2) is 4.57 Å². The minimum atomic E-state index is -5.41. The standard InChI is InChI=1S/CH2F3O4P.Li.H/c2-1(3,4)8-9(5,6)7;;/h(H2,5,6,7);;/q;+1;-1. The van der Waals surface area contributed by atoms with Crippen LogP contribution in [0.4, 0.5) is 13.2 Å². The average Bonchev–Trinajstić information content (AvgIpc) is 1.14. The van der Waals surface area contributed by atoms with Gasteiger partial charge in [0.05, 0.1) is 0 Å². The maximum absolute atomic E-state index is 10.8. The molecule has 0 aliphatic heterocycles. The first kappa shape index (κ1) is 13.1. The van der Waals surface area contributed by atoms with Crippen LogP contribution in [0, 0.1) is 0 Å². The van der Waals surface area contributed by atoms with E-state index in [-0.39, 0.29) is 20.3 Å². The second kappa shape index (κ2) is 3.76. The topological polar surface area (TPSA) is 66.8 Å². The molecule has 4 nitrogen and oxygen atoms in total. The third-order valence-electron chi connectivity index (χ3n) is 0.222. The van der Waals surface area contributed by atoms with Crippen molar-refractivity contribution in [3.8, 4) is 0 Å². The van der Waals surface area contributed by atoms with Gasteiger partial charge >= 0.3 is 33.0 Å². The third-order valence-corrected chi connectivity index (χ3v) is 0.667. The molecule has 0 spiro atoms. The molecule has 0 aromatic rings. The van der Waals surface area contributed by atoms with Crippen LogP contribution >= 0.6 is 7.82 Å². The van der Waals surface area contributed by atoms with Crippen molar-refractivity contribution in [3.05, 3.63) is 0 Å². The van der Waals surface area contributed by atoms with E-state index in [9.17, 15) is 17.7 Å². The van der Waals surface area contributed by atoms with Crippen molar-refractivity contribution in [2.75, 3.05) is 0 Å². The number of alkyl halides is 3. The van der Waals surface area contributed by atoms with Gasteiger partial charge in [-0.1, -0.05) is 0 Å². The molecular weight excluding hydrogens is 171 g/mol. The molecule has 0 saturated heterocycles. The van der Waals surface area contributed by atoms with Crippen LogP contribution in [0.3, 0.4) is 0 Å². The smallest absolute Gasteiger partial charge is 1.00 e. The summed E-state index contributed by atoms with van der Waals surface area (Å²) in [6, 6.07) is 0. The van der Waals surface area contributed by atoms with Crippen LogP contribution in [-0.2, 0) is 9.09 Å². The Balaban J connectivity index is -0.000000320. The minimum Gasteiger partial charge on any atom is -1.00 e. The Bertz CT molecular complexity index is 143. The van der Waals surface area contributed by atoms with Crippen LogP contribution in [0.1, 0.15) is 1.43 Å². The Morgan fingerprint density at radius 2 is 1.70 bits per heavy atom. The monoisotopic (exact) mass is 174 g/mol. The first-order valence-electron chi connectivity index (χ1n) is 1.54. The molecule has 0 aromatic heterocycles. The number of hydrogen-bond acceptors (Lipinski definition) is 2. The zero-order valence-electron chi connectivity index (χ0n) is 5.79. The van der Waals surface area contributed by atoms with Crippen molar-refractivity contribution >= 4 is 7.82 Å². The van der Waals surface area contributed by atoms with Crippen LogP contribution in [0.15, 0.2) is 0 Å². The van der Waals surface area contributed by atoms with Gasteiger partial charge in [0.15, 0.2) is 0 Å². The van der Waals surface area contributed by atoms with E-state index in [1.165, 1.54) is 0 Å². The summed E-state index contributed by atoms with van der Waals surface area (Å²) in [5.74, 6) is 0. The first-order valence-corrected chi connectivity index (χ1v) is 3.07. The summed E-state index contributed by atoms with van der Waals surface area (Å²) in [5, 5.41) is 0. The molecule has 0 aliphatic rings. The Morgan fingerprint density at radius 3 is 1.70 bits per heavy atom. The Hall–Kier alpha value is 0.497. The second-order valence-corrected chi connectivity index (χ2v) is 2.19. The molecular formula is CH3F3LiO4P. The number of halogens is 3. The Kier molecular flexibility index (Phi) is 4.94. The third kappa shape index (κ3) is 11.3. The summed E-state index contributed by atoms with van der Waals surface area (Å²) in [6.07, 6.45) is -5.28. The number of phosphoric acid groups is 1. The van der Waals surface area contributed by atoms with Crippen molar-refractivity contribution in [2.24, 2.45) is 0 Å². The first-order chi connectivity index (χ1) is 3.71. The SMILES string of the molecule is O=P(O)(O)OC(F)(F)F.[H-].[Li+]. The molecule has 0 atom stereocenters. The summed E-state index contributed by atoms with van der Waals surface area (Å²) in [4.78, 5) is 15.0. The summed E-state index contributed by atoms with van der Waals surface area (Å²) < 4.78 is 44.2. The average molecular weight is 174 g/mol. The van der Waals surface area contributed by atoms with Crippen LogP contribution in [0.2, 0.25) is 0 Å². The van der Waals surface area contributed by atoms with Crippen LogP contribution in [0.5, 0.6) is 0 Å². The van der Waals surface area contributed by atoms with Gasteiger partial charge in [0.2, 0.25) is 0 Å². The van der Waals surface area contributed by atoms with Gasteiger partial charge in [-0.2, -0.15) is 4.52 Å². The summed E-state index contributed by atoms with van der Waals surface area (Å²) in [7, 11) is -5.41. The van der Waals surface area contributed by atoms with E-state index < -0.39 is 14.2 Å². The zero-order chi connectivity index (χ0) is 7.71. The van der Waals surface area contributed by atoms with Crippen molar-refractivity contribution in [1.82, 2.24) is 0 Å². The van der Waals surface area contributed by atoms with Gasteiger partial charge in [0, 0.05) is 0 Å². The fourth-order valence-corrected chi connectivity index (χ4v) is 0.405. The molecule has 10 heavy (non-hydrogen) atoms. The van der Waals surface area contributed by atoms with Crippen LogP contribution in [-0.4, -0.2) is 16.1 Å². The van der Waals surface area contributed by atoms with E-state index in [2.05, 4.69) is 4.52 Å². The number of phosphoric ester groups is 1. The van der Waals surface area contributed by atoms with Gasteiger partial charge in [0.25, 0.3) is 0 Å². The van der Waals surface area contributed by atoms with Crippen molar-refractivity contribution in [1.29, 1.82) is 0 Å². The van der Waals surface area contributed by atoms with E-state index in [0.29, 0.717) is 0 Å². The predicted molar refractivity (Wildman–Crippen MR) is 20.3 cm³/mol. The molecule has 0 unspecified atom stereocenters. The van der Waals surface area contributed by atoms with Crippen molar-refractivity contribution < 1.29 is 52.3 Å². The van der Waals surface area contributed by atoms with E-state index in [1.54, 1.807) is 0 Å². The zero-order valence-corrected chi connectivity index (χ0v) is 5.69. The number of rotatable bonds is 1. The molecule has 9 heteroatoms. The molecule has 0 heterocycles. The molecule has 0 aliphatic carbocycles. The quantitative estimate of drug-likeness (QED) is 0.347. The molecule has 0 saturated carbocycles. The molecule has 0 rings (SSSR count). The minimum absolute atomic E-state index is 0. The fraction of sp³-hybridized carbons (Fsp3) is 1.00. The van der Waals surface area contributed by atoms with E-state index in [1.807, 2.05) is 0 Å². The molecule has 0 bridgehead atoms. The maximum atomic E-state index is 10.8. The summed E-state index contributed by atoms with van der Waals surface area (Å²) in [6.45, 7) is 0. The van der Waals surface area contributed by atoms with Gasteiger partial charge in [0.1, 0.15) is 0 Å². The Labute approximate surface area is 67.3 Å². The van der Waals surface area contributed by atoms with Gasteiger partial charge in [-0.3, -0.25) is 0 Å². The fourth-order valence-electron chi connectivity index (χ4n) is 0.135. The van der Waals surface area contributed by atoms with E-state index in [4.69, 9.17) is 9.79 Å². The van der Waals surface area contributed by atoms with Gasteiger partial charge in [-0.05, 0) is 0 Å². The molecule has 58 valence electrons. The second-order valence-electron chi connectivity index (χ2n) is 1.03. The number of hydrogen-bond donors (Lipinski definition) is 2. The van der Waals surface area contributed by atoms with Crippen LogP contribution < -0.4 is 18.9 Å². The summed E-state index contributed by atoms with van der Waals surface area (Å²) >= 11 is 0. The molecule has 0 amide bonds. The van der Waals surface area contributed by atoms with Gasteiger partial charge in [-0.15, -0.1) is 13.2 Å². The normalized spacial score (nSPS) is 12.5. The van der Waals surface area contributed by atoms with Crippen molar-refractivity contribution in [3.63, 3.8) is 0 Å². The van der Waals surface area contributed by atoms with E-state index in [0.717, 1.165) is 0 Å².